The van der Waals surface area contributed by atoms with Gasteiger partial charge in [0.1, 0.15) is 11.5 Å². The maximum absolute atomic E-state index is 13.8. The molecule has 0 atom stereocenters. The Balaban J connectivity index is 2.20. The summed E-state index contributed by atoms with van der Waals surface area (Å²) in [6.45, 7) is 4.24. The number of rotatable bonds is 4. The maximum atomic E-state index is 13.8. The smallest absolute Gasteiger partial charge is 0.255 e. The zero-order valence-corrected chi connectivity index (χ0v) is 11.8. The van der Waals surface area contributed by atoms with E-state index in [0.29, 0.717) is 5.56 Å². The fourth-order valence-electron chi connectivity index (χ4n) is 1.90. The zero-order valence-electron chi connectivity index (χ0n) is 11.8. The Morgan fingerprint density at radius 3 is 2.38 bits per heavy atom. The number of aryl methyl sites for hydroxylation is 1. The van der Waals surface area contributed by atoms with Crippen LogP contribution in [0.1, 0.15) is 22.8 Å². The summed E-state index contributed by atoms with van der Waals surface area (Å²) in [5.74, 6) is -2.11. The van der Waals surface area contributed by atoms with Gasteiger partial charge < -0.3 is 10.6 Å². The number of nitrogens with one attached hydrogen (secondary N) is 2. The monoisotopic (exact) mass is 290 g/mol. The van der Waals surface area contributed by atoms with Crippen molar-refractivity contribution < 1.29 is 13.6 Å². The van der Waals surface area contributed by atoms with E-state index in [0.717, 1.165) is 18.3 Å². The van der Waals surface area contributed by atoms with Crippen LogP contribution in [0.2, 0.25) is 0 Å². The molecular weight excluding hydrogens is 274 g/mol. The van der Waals surface area contributed by atoms with Crippen LogP contribution in [-0.2, 0) is 0 Å². The highest BCUT2D eigenvalue weighted by molar-refractivity contribution is 6.04. The standard InChI is InChI=1S/C16H16F2N2O/c1-3-19-12-7-5-11(6-8-12)16(21)20-15-13(17)9-4-10(2)14(15)18/h4-9,19H,3H2,1-2H3,(H,20,21). The molecule has 3 nitrogen and oxygen atoms in total. The Bertz CT molecular complexity index is 654. The fraction of sp³-hybridized carbons (Fsp3) is 0.188. The number of carbonyl (C=O) groups excluding carboxylic acids is 1. The lowest BCUT2D eigenvalue weighted by molar-refractivity contribution is 0.102. The molecule has 2 N–H and O–H groups in total. The minimum Gasteiger partial charge on any atom is -0.385 e. The average Bonchev–Trinajstić information content (AvgIpc) is 2.48. The van der Waals surface area contributed by atoms with Gasteiger partial charge in [-0.3, -0.25) is 4.79 Å². The van der Waals surface area contributed by atoms with E-state index < -0.39 is 23.2 Å². The lowest BCUT2D eigenvalue weighted by atomic mass is 10.1. The van der Waals surface area contributed by atoms with Crippen LogP contribution in [0.25, 0.3) is 0 Å². The van der Waals surface area contributed by atoms with Gasteiger partial charge in [-0.25, -0.2) is 8.78 Å². The molecule has 0 aromatic heterocycles. The lowest BCUT2D eigenvalue weighted by Gasteiger charge is -2.10. The molecule has 2 rings (SSSR count). The van der Waals surface area contributed by atoms with Crippen molar-refractivity contribution >= 4 is 17.3 Å². The summed E-state index contributed by atoms with van der Waals surface area (Å²) >= 11 is 0. The normalized spacial score (nSPS) is 10.3. The molecule has 5 heteroatoms. The largest absolute Gasteiger partial charge is 0.385 e. The zero-order chi connectivity index (χ0) is 15.4. The highest BCUT2D eigenvalue weighted by Gasteiger charge is 2.15. The van der Waals surface area contributed by atoms with Crippen molar-refractivity contribution in [3.05, 3.63) is 59.2 Å². The summed E-state index contributed by atoms with van der Waals surface area (Å²) in [5, 5.41) is 5.38. The molecule has 0 fully saturated rings. The first-order valence-electron chi connectivity index (χ1n) is 6.62. The van der Waals surface area contributed by atoms with E-state index in [1.165, 1.54) is 13.0 Å². The van der Waals surface area contributed by atoms with Gasteiger partial charge in [0.25, 0.3) is 5.91 Å². The topological polar surface area (TPSA) is 41.1 Å². The summed E-state index contributed by atoms with van der Waals surface area (Å²) in [7, 11) is 0. The molecule has 0 saturated carbocycles. The number of hydrogen-bond donors (Lipinski definition) is 2. The molecule has 0 aliphatic heterocycles. The molecule has 21 heavy (non-hydrogen) atoms. The van der Waals surface area contributed by atoms with Crippen LogP contribution >= 0.6 is 0 Å². The quantitative estimate of drug-likeness (QED) is 0.895. The lowest BCUT2D eigenvalue weighted by Crippen LogP contribution is -2.14. The first kappa shape index (κ1) is 15.0. The third-order valence-electron chi connectivity index (χ3n) is 3.05. The van der Waals surface area contributed by atoms with Gasteiger partial charge in [-0.15, -0.1) is 0 Å². The molecule has 0 spiro atoms. The number of carbonyl (C=O) groups is 1. The third-order valence-corrected chi connectivity index (χ3v) is 3.05. The van der Waals surface area contributed by atoms with Crippen molar-refractivity contribution in [1.29, 1.82) is 0 Å². The Labute approximate surface area is 122 Å². The van der Waals surface area contributed by atoms with Crippen LogP contribution in [0.5, 0.6) is 0 Å². The number of anilines is 2. The number of hydrogen-bond acceptors (Lipinski definition) is 2. The first-order chi connectivity index (χ1) is 10.0. The van der Waals surface area contributed by atoms with E-state index in [1.807, 2.05) is 6.92 Å². The van der Waals surface area contributed by atoms with Crippen molar-refractivity contribution in [2.24, 2.45) is 0 Å². The van der Waals surface area contributed by atoms with Gasteiger partial charge in [0, 0.05) is 17.8 Å². The highest BCUT2D eigenvalue weighted by atomic mass is 19.1. The minimum atomic E-state index is -0.796. The first-order valence-corrected chi connectivity index (χ1v) is 6.62. The number of amides is 1. The molecular formula is C16H16F2N2O. The molecule has 0 unspecified atom stereocenters. The molecule has 0 saturated heterocycles. The van der Waals surface area contributed by atoms with E-state index in [1.54, 1.807) is 24.3 Å². The van der Waals surface area contributed by atoms with Gasteiger partial charge in [0.15, 0.2) is 5.82 Å². The van der Waals surface area contributed by atoms with Crippen molar-refractivity contribution in [1.82, 2.24) is 0 Å². The molecule has 2 aromatic carbocycles. The maximum Gasteiger partial charge on any atom is 0.255 e. The van der Waals surface area contributed by atoms with Crippen LogP contribution < -0.4 is 10.6 Å². The molecule has 1 amide bonds. The molecule has 0 aliphatic carbocycles. The van der Waals surface area contributed by atoms with Gasteiger partial charge in [0.05, 0.1) is 0 Å². The Morgan fingerprint density at radius 1 is 1.10 bits per heavy atom. The van der Waals surface area contributed by atoms with E-state index >= 15 is 0 Å². The van der Waals surface area contributed by atoms with Gasteiger partial charge >= 0.3 is 0 Å². The van der Waals surface area contributed by atoms with Crippen LogP contribution in [-0.4, -0.2) is 12.5 Å². The van der Waals surface area contributed by atoms with Crippen molar-refractivity contribution in [3.63, 3.8) is 0 Å². The number of benzene rings is 2. The molecule has 0 radical (unpaired) electrons. The average molecular weight is 290 g/mol. The second-order valence-corrected chi connectivity index (χ2v) is 4.62. The van der Waals surface area contributed by atoms with Crippen molar-refractivity contribution in [2.45, 2.75) is 13.8 Å². The second kappa shape index (κ2) is 6.35. The molecule has 0 aliphatic rings. The predicted octanol–water partition coefficient (Wildman–Crippen LogP) is 3.96. The van der Waals surface area contributed by atoms with Crippen LogP contribution in [0.4, 0.5) is 20.2 Å². The minimum absolute atomic E-state index is 0.272. The summed E-state index contributed by atoms with van der Waals surface area (Å²) < 4.78 is 27.4. The Hall–Kier alpha value is -2.43. The van der Waals surface area contributed by atoms with Gasteiger partial charge in [0.2, 0.25) is 0 Å². The molecule has 2 aromatic rings. The Kier molecular flexibility index (Phi) is 4.52. The number of halogens is 2. The highest BCUT2D eigenvalue weighted by Crippen LogP contribution is 2.22. The van der Waals surface area contributed by atoms with Crippen molar-refractivity contribution in [3.8, 4) is 0 Å². The van der Waals surface area contributed by atoms with Crippen LogP contribution in [0.3, 0.4) is 0 Å². The van der Waals surface area contributed by atoms with E-state index in [-0.39, 0.29) is 5.56 Å². The second-order valence-electron chi connectivity index (χ2n) is 4.62. The summed E-state index contributed by atoms with van der Waals surface area (Å²) in [4.78, 5) is 12.0. The van der Waals surface area contributed by atoms with Gasteiger partial charge in [-0.05, 0) is 49.7 Å². The Morgan fingerprint density at radius 2 is 1.76 bits per heavy atom. The predicted molar refractivity (Wildman–Crippen MR) is 79.7 cm³/mol. The molecule has 0 heterocycles. The van der Waals surface area contributed by atoms with Gasteiger partial charge in [-0.2, -0.15) is 0 Å². The van der Waals surface area contributed by atoms with Gasteiger partial charge in [-0.1, -0.05) is 6.07 Å². The summed E-state index contributed by atoms with van der Waals surface area (Å²) in [6.07, 6.45) is 0. The SMILES string of the molecule is CCNc1ccc(C(=O)Nc2c(F)ccc(C)c2F)cc1. The van der Waals surface area contributed by atoms with Crippen molar-refractivity contribution in [2.75, 3.05) is 17.2 Å². The van der Waals surface area contributed by atoms with Crippen LogP contribution in [0, 0.1) is 18.6 Å². The molecule has 110 valence electrons. The third kappa shape index (κ3) is 3.37. The van der Waals surface area contributed by atoms with E-state index in [9.17, 15) is 13.6 Å². The molecule has 0 bridgehead atoms. The van der Waals surface area contributed by atoms with Crippen LogP contribution in [0.15, 0.2) is 36.4 Å². The van der Waals surface area contributed by atoms with E-state index in [4.69, 9.17) is 0 Å². The van der Waals surface area contributed by atoms with E-state index in [2.05, 4.69) is 10.6 Å². The summed E-state index contributed by atoms with van der Waals surface area (Å²) in [6, 6.07) is 9.12. The summed E-state index contributed by atoms with van der Waals surface area (Å²) in [5.41, 5.74) is 1.06. The fourth-order valence-corrected chi connectivity index (χ4v) is 1.90.